The summed E-state index contributed by atoms with van der Waals surface area (Å²) in [6.45, 7) is 4.51. The Labute approximate surface area is 115 Å². The van der Waals surface area contributed by atoms with Crippen molar-refractivity contribution in [2.24, 2.45) is 0 Å². The molecule has 1 aromatic carbocycles. The monoisotopic (exact) mass is 281 g/mol. The quantitative estimate of drug-likeness (QED) is 0.617. The fourth-order valence-electron chi connectivity index (χ4n) is 2.33. The molecule has 2 rings (SSSR count). The molecule has 108 valence electrons. The van der Waals surface area contributed by atoms with Crippen molar-refractivity contribution in [3.8, 4) is 0 Å². The second-order valence-corrected chi connectivity index (χ2v) is 4.86. The highest BCUT2D eigenvalue weighted by atomic mass is 19.1. The lowest BCUT2D eigenvalue weighted by atomic mass is 10.2. The maximum Gasteiger partial charge on any atom is 0.272 e. The number of hydrogen-bond donors (Lipinski definition) is 0. The number of halogens is 1. The van der Waals surface area contributed by atoms with E-state index in [1.165, 1.54) is 12.1 Å². The molecular weight excluding hydrogens is 265 g/mol. The predicted octanol–water partition coefficient (Wildman–Crippen LogP) is 1.44. The van der Waals surface area contributed by atoms with Crippen LogP contribution in [0, 0.1) is 15.9 Å². The fraction of sp³-hybridized carbons (Fsp3) is 0.462. The zero-order chi connectivity index (χ0) is 14.7. The molecule has 1 saturated heterocycles. The molecule has 0 spiro atoms. The maximum absolute atomic E-state index is 13.9. The Balaban J connectivity index is 2.03. The summed E-state index contributed by atoms with van der Waals surface area (Å²) in [5.41, 5.74) is 0.125. The Kier molecular flexibility index (Phi) is 4.29. The first kappa shape index (κ1) is 14.4. The number of nitro groups is 1. The molecular formula is C13H16FN3O3. The van der Waals surface area contributed by atoms with Crippen LogP contribution in [0.1, 0.15) is 6.92 Å². The molecule has 0 amide bonds. The lowest BCUT2D eigenvalue weighted by molar-refractivity contribution is -0.385. The zero-order valence-corrected chi connectivity index (χ0v) is 11.2. The molecule has 0 aliphatic carbocycles. The molecule has 7 heteroatoms. The molecule has 0 N–H and O–H groups in total. The van der Waals surface area contributed by atoms with Crippen LogP contribution in [0.3, 0.4) is 0 Å². The Morgan fingerprint density at radius 3 is 2.50 bits per heavy atom. The number of nitro benzene ring substituents is 1. The Bertz CT molecular complexity index is 528. The Morgan fingerprint density at radius 2 is 2.00 bits per heavy atom. The number of Topliss-reactive ketones (excluding diaryl/α,β-unsaturated/α-hetero) is 1. The number of carbonyl (C=O) groups is 1. The van der Waals surface area contributed by atoms with Crippen LogP contribution in [0.15, 0.2) is 18.2 Å². The van der Waals surface area contributed by atoms with Gasteiger partial charge in [0.05, 0.1) is 23.2 Å². The highest BCUT2D eigenvalue weighted by Crippen LogP contribution is 2.24. The molecule has 1 heterocycles. The molecule has 1 aromatic rings. The summed E-state index contributed by atoms with van der Waals surface area (Å²) in [5, 5.41) is 10.6. The molecule has 0 aromatic heterocycles. The van der Waals surface area contributed by atoms with Crippen LogP contribution in [0.2, 0.25) is 0 Å². The summed E-state index contributed by atoms with van der Waals surface area (Å²) in [4.78, 5) is 24.9. The van der Waals surface area contributed by atoms with Gasteiger partial charge >= 0.3 is 0 Å². The largest absolute Gasteiger partial charge is 0.367 e. The van der Waals surface area contributed by atoms with Crippen LogP contribution in [0.25, 0.3) is 0 Å². The van der Waals surface area contributed by atoms with Gasteiger partial charge in [0.1, 0.15) is 5.78 Å². The molecule has 20 heavy (non-hydrogen) atoms. The van der Waals surface area contributed by atoms with E-state index >= 15 is 0 Å². The van der Waals surface area contributed by atoms with Crippen molar-refractivity contribution in [3.63, 3.8) is 0 Å². The smallest absolute Gasteiger partial charge is 0.272 e. The van der Waals surface area contributed by atoms with Gasteiger partial charge in [-0.25, -0.2) is 4.39 Å². The molecule has 1 aliphatic rings. The van der Waals surface area contributed by atoms with E-state index in [2.05, 4.69) is 0 Å². The summed E-state index contributed by atoms with van der Waals surface area (Å²) < 4.78 is 13.9. The van der Waals surface area contributed by atoms with Gasteiger partial charge < -0.3 is 4.90 Å². The van der Waals surface area contributed by atoms with Gasteiger partial charge in [-0.3, -0.25) is 19.8 Å². The Hall–Kier alpha value is -2.02. The van der Waals surface area contributed by atoms with Gasteiger partial charge in [0.2, 0.25) is 0 Å². The second kappa shape index (κ2) is 5.96. The topological polar surface area (TPSA) is 66.7 Å². The first-order valence-electron chi connectivity index (χ1n) is 6.38. The van der Waals surface area contributed by atoms with E-state index in [-0.39, 0.29) is 11.5 Å². The van der Waals surface area contributed by atoms with Crippen LogP contribution in [-0.4, -0.2) is 48.3 Å². The van der Waals surface area contributed by atoms with Gasteiger partial charge in [-0.2, -0.15) is 0 Å². The number of anilines is 1. The fourth-order valence-corrected chi connectivity index (χ4v) is 2.33. The third-order valence-electron chi connectivity index (χ3n) is 3.30. The predicted molar refractivity (Wildman–Crippen MR) is 72.4 cm³/mol. The van der Waals surface area contributed by atoms with Crippen molar-refractivity contribution >= 4 is 17.2 Å². The number of piperazine rings is 1. The minimum Gasteiger partial charge on any atom is -0.367 e. The standard InChI is InChI=1S/C13H16FN3O3/c1-10(18)9-15-4-6-16(7-5-15)13-3-2-11(17(19)20)8-12(13)14/h2-3,8H,4-7,9H2,1H3. The van der Waals surface area contributed by atoms with Crippen LogP contribution < -0.4 is 4.90 Å². The lowest BCUT2D eigenvalue weighted by Gasteiger charge is -2.35. The molecule has 1 fully saturated rings. The first-order chi connectivity index (χ1) is 9.47. The number of hydrogen-bond acceptors (Lipinski definition) is 5. The lowest BCUT2D eigenvalue weighted by Crippen LogP contribution is -2.48. The van der Waals surface area contributed by atoms with Crippen molar-refractivity contribution in [2.75, 3.05) is 37.6 Å². The second-order valence-electron chi connectivity index (χ2n) is 4.86. The molecule has 1 aliphatic heterocycles. The molecule has 0 atom stereocenters. The molecule has 0 unspecified atom stereocenters. The first-order valence-corrected chi connectivity index (χ1v) is 6.38. The van der Waals surface area contributed by atoms with Crippen molar-refractivity contribution in [1.29, 1.82) is 0 Å². The van der Waals surface area contributed by atoms with Crippen LogP contribution in [-0.2, 0) is 4.79 Å². The van der Waals surface area contributed by atoms with Gasteiger partial charge in [0.15, 0.2) is 5.82 Å². The van der Waals surface area contributed by atoms with Crippen molar-refractivity contribution in [2.45, 2.75) is 6.92 Å². The van der Waals surface area contributed by atoms with E-state index in [0.29, 0.717) is 38.4 Å². The summed E-state index contributed by atoms with van der Waals surface area (Å²) in [6, 6.07) is 3.69. The Morgan fingerprint density at radius 1 is 1.35 bits per heavy atom. The number of non-ortho nitro benzene ring substituents is 1. The highest BCUT2D eigenvalue weighted by molar-refractivity contribution is 5.77. The molecule has 0 bridgehead atoms. The van der Waals surface area contributed by atoms with E-state index in [0.717, 1.165) is 6.07 Å². The van der Waals surface area contributed by atoms with Crippen LogP contribution >= 0.6 is 0 Å². The van der Waals surface area contributed by atoms with Crippen molar-refractivity contribution < 1.29 is 14.1 Å². The third kappa shape index (κ3) is 3.30. The highest BCUT2D eigenvalue weighted by Gasteiger charge is 2.21. The van der Waals surface area contributed by atoms with Crippen LogP contribution in [0.4, 0.5) is 15.8 Å². The average Bonchev–Trinajstić information content (AvgIpc) is 2.39. The zero-order valence-electron chi connectivity index (χ0n) is 11.2. The van der Waals surface area contributed by atoms with E-state index < -0.39 is 10.7 Å². The van der Waals surface area contributed by atoms with E-state index in [1.807, 2.05) is 9.80 Å². The van der Waals surface area contributed by atoms with Crippen LogP contribution in [0.5, 0.6) is 0 Å². The maximum atomic E-state index is 13.9. The number of ketones is 1. The summed E-state index contributed by atoms with van der Waals surface area (Å²) in [6.07, 6.45) is 0. The average molecular weight is 281 g/mol. The third-order valence-corrected chi connectivity index (χ3v) is 3.30. The minimum absolute atomic E-state index is 0.111. The van der Waals surface area contributed by atoms with Gasteiger partial charge in [-0.1, -0.05) is 0 Å². The van der Waals surface area contributed by atoms with Crippen molar-refractivity contribution in [3.05, 3.63) is 34.1 Å². The van der Waals surface area contributed by atoms with Gasteiger partial charge in [-0.15, -0.1) is 0 Å². The summed E-state index contributed by atoms with van der Waals surface area (Å²) in [7, 11) is 0. The van der Waals surface area contributed by atoms with E-state index in [9.17, 15) is 19.3 Å². The molecule has 0 radical (unpaired) electrons. The number of benzene rings is 1. The van der Waals surface area contributed by atoms with Crippen molar-refractivity contribution in [1.82, 2.24) is 4.90 Å². The molecule has 6 nitrogen and oxygen atoms in total. The van der Waals surface area contributed by atoms with Gasteiger partial charge in [0.25, 0.3) is 5.69 Å². The summed E-state index contributed by atoms with van der Waals surface area (Å²) >= 11 is 0. The van der Waals surface area contributed by atoms with Gasteiger partial charge in [-0.05, 0) is 13.0 Å². The number of rotatable bonds is 4. The van der Waals surface area contributed by atoms with E-state index in [4.69, 9.17) is 0 Å². The van der Waals surface area contributed by atoms with Gasteiger partial charge in [0, 0.05) is 32.2 Å². The number of carbonyl (C=O) groups excluding carboxylic acids is 1. The van der Waals surface area contributed by atoms with E-state index in [1.54, 1.807) is 6.92 Å². The summed E-state index contributed by atoms with van der Waals surface area (Å²) in [5.74, 6) is -0.473. The SMILES string of the molecule is CC(=O)CN1CCN(c2ccc([N+](=O)[O-])cc2F)CC1. The molecule has 0 saturated carbocycles. The normalized spacial score (nSPS) is 16.2. The minimum atomic E-state index is -0.613. The number of nitrogens with zero attached hydrogens (tertiary/aromatic N) is 3.